The summed E-state index contributed by atoms with van der Waals surface area (Å²) in [5.74, 6) is -0.144. The summed E-state index contributed by atoms with van der Waals surface area (Å²) in [5, 5.41) is 8.96. The summed E-state index contributed by atoms with van der Waals surface area (Å²) < 4.78 is 9.09. The average molecular weight is 225 g/mol. The molecule has 0 aliphatic rings. The fourth-order valence-corrected chi connectivity index (χ4v) is 1.69. The van der Waals surface area contributed by atoms with Gasteiger partial charge in [-0.1, -0.05) is 30.3 Å². The van der Waals surface area contributed by atoms with Gasteiger partial charge in [0.05, 0.1) is 0 Å². The molecule has 84 valence electrons. The predicted molar refractivity (Wildman–Crippen MR) is 64.7 cm³/mol. The molecule has 0 unspecified atom stereocenters. The average Bonchev–Trinajstić information content (AvgIpc) is 2.75. The van der Waals surface area contributed by atoms with E-state index in [1.807, 2.05) is 12.1 Å². The van der Waals surface area contributed by atoms with E-state index in [2.05, 4.69) is 0 Å². The second kappa shape index (κ2) is 4.26. The zero-order chi connectivity index (χ0) is 13.1. The molecule has 1 aromatic carbocycles. The first-order chi connectivity index (χ1) is 8.69. The third kappa shape index (κ3) is 1.85. The molecule has 0 saturated carbocycles. The van der Waals surface area contributed by atoms with Crippen molar-refractivity contribution in [3.05, 3.63) is 58.9 Å². The lowest BCUT2D eigenvalue weighted by Gasteiger charge is -2.01. The third-order valence-corrected chi connectivity index (χ3v) is 2.75. The van der Waals surface area contributed by atoms with Gasteiger partial charge < -0.3 is 4.57 Å². The molecule has 3 nitrogen and oxygen atoms in total. The van der Waals surface area contributed by atoms with Gasteiger partial charge >= 0.3 is 0 Å². The molecule has 0 spiro atoms. The molecule has 0 aliphatic heterocycles. The highest BCUT2D eigenvalue weighted by Gasteiger charge is 2.16. The minimum atomic E-state index is -0.144. The van der Waals surface area contributed by atoms with Gasteiger partial charge in [0.1, 0.15) is 11.8 Å². The molecule has 0 bridgehead atoms. The van der Waals surface area contributed by atoms with Gasteiger partial charge in [-0.05, 0) is 13.0 Å². The molecule has 3 heteroatoms. The maximum atomic E-state index is 12.3. The molecule has 0 atom stereocenters. The molecule has 1 aromatic heterocycles. The second-order valence-electron chi connectivity index (χ2n) is 3.76. The lowest BCUT2D eigenvalue weighted by Crippen LogP contribution is -2.03. The molecule has 1 heterocycles. The van der Waals surface area contributed by atoms with Gasteiger partial charge in [0.15, 0.2) is 5.78 Å². The van der Waals surface area contributed by atoms with E-state index in [-0.39, 0.29) is 12.7 Å². The molecule has 2 rings (SSSR count). The SMILES string of the molecule is [2H]Cc1c(C(=O)c2ccccc2)cc(C#N)n1C. The van der Waals surface area contributed by atoms with E-state index in [4.69, 9.17) is 6.63 Å². The van der Waals surface area contributed by atoms with Crippen LogP contribution in [0.3, 0.4) is 0 Å². The maximum absolute atomic E-state index is 12.3. The lowest BCUT2D eigenvalue weighted by atomic mass is 10.0. The molecule has 2 aromatic rings. The van der Waals surface area contributed by atoms with E-state index in [0.717, 1.165) is 0 Å². The number of hydrogen-bond acceptors (Lipinski definition) is 2. The van der Waals surface area contributed by atoms with Gasteiger partial charge in [0.25, 0.3) is 0 Å². The Morgan fingerprint density at radius 1 is 1.41 bits per heavy atom. The Balaban J connectivity index is 2.53. The van der Waals surface area contributed by atoms with E-state index in [9.17, 15) is 4.79 Å². The highest BCUT2D eigenvalue weighted by Crippen LogP contribution is 2.17. The van der Waals surface area contributed by atoms with Crippen LogP contribution >= 0.6 is 0 Å². The summed E-state index contributed by atoms with van der Waals surface area (Å²) in [4.78, 5) is 12.3. The summed E-state index contributed by atoms with van der Waals surface area (Å²) in [7, 11) is 1.70. The molecule has 17 heavy (non-hydrogen) atoms. The van der Waals surface area contributed by atoms with Crippen molar-refractivity contribution in [2.45, 2.75) is 6.90 Å². The van der Waals surface area contributed by atoms with Crippen molar-refractivity contribution in [1.82, 2.24) is 4.57 Å². The van der Waals surface area contributed by atoms with Gasteiger partial charge in [-0.3, -0.25) is 4.79 Å². The van der Waals surface area contributed by atoms with Crippen LogP contribution in [0, 0.1) is 18.2 Å². The van der Waals surface area contributed by atoms with Gasteiger partial charge in [-0.2, -0.15) is 5.26 Å². The molecule has 0 fully saturated rings. The fourth-order valence-electron chi connectivity index (χ4n) is 1.69. The van der Waals surface area contributed by atoms with E-state index < -0.39 is 0 Å². The predicted octanol–water partition coefficient (Wildman–Crippen LogP) is 2.44. The van der Waals surface area contributed by atoms with Gasteiger partial charge in [0.2, 0.25) is 0 Å². The second-order valence-corrected chi connectivity index (χ2v) is 3.76. The van der Waals surface area contributed by atoms with Crippen molar-refractivity contribution >= 4 is 5.78 Å². The van der Waals surface area contributed by atoms with Crippen LogP contribution in [0.4, 0.5) is 0 Å². The van der Waals surface area contributed by atoms with Crippen molar-refractivity contribution < 1.29 is 6.17 Å². The Labute approximate surface area is 101 Å². The Morgan fingerprint density at radius 3 is 2.71 bits per heavy atom. The first-order valence-electron chi connectivity index (χ1n) is 5.87. The monoisotopic (exact) mass is 225 g/mol. The standard InChI is InChI=1S/C14H12N2O/c1-10-13(8-12(9-15)16(10)2)14(17)11-6-4-3-5-7-11/h3-8H,1-2H3/i1D. The van der Waals surface area contributed by atoms with Crippen molar-refractivity contribution in [3.63, 3.8) is 0 Å². The molecule has 0 amide bonds. The van der Waals surface area contributed by atoms with Gasteiger partial charge in [-0.15, -0.1) is 0 Å². The normalized spacial score (nSPS) is 10.7. The van der Waals surface area contributed by atoms with E-state index in [1.54, 1.807) is 41.9 Å². The number of rotatable bonds is 2. The fraction of sp³-hybridized carbons (Fsp3) is 0.143. The maximum Gasteiger partial charge on any atom is 0.194 e. The van der Waals surface area contributed by atoms with Crippen LogP contribution in [0.5, 0.6) is 0 Å². The zero-order valence-corrected chi connectivity index (χ0v) is 9.47. The van der Waals surface area contributed by atoms with Crippen LogP contribution in [-0.2, 0) is 7.05 Å². The van der Waals surface area contributed by atoms with Crippen LogP contribution in [0.1, 0.15) is 28.7 Å². The molecule has 0 saturated heterocycles. The molecular formula is C14H12N2O. The Bertz CT molecular complexity index is 623. The number of nitriles is 1. The highest BCUT2D eigenvalue weighted by atomic mass is 16.1. The van der Waals surface area contributed by atoms with Crippen molar-refractivity contribution in [3.8, 4) is 6.07 Å². The largest absolute Gasteiger partial charge is 0.339 e. The summed E-state index contributed by atoms with van der Waals surface area (Å²) in [5.41, 5.74) is 1.98. The summed E-state index contributed by atoms with van der Waals surface area (Å²) in [6.45, 7) is -0.0217. The number of aromatic nitrogens is 1. The molecule has 0 aliphatic carbocycles. The molecular weight excluding hydrogens is 212 g/mol. The summed E-state index contributed by atoms with van der Waals surface area (Å²) in [6, 6.07) is 12.5. The Kier molecular flexibility index (Phi) is 2.47. The van der Waals surface area contributed by atoms with Crippen LogP contribution in [0.15, 0.2) is 36.4 Å². The van der Waals surface area contributed by atoms with Crippen LogP contribution in [0.25, 0.3) is 0 Å². The first kappa shape index (κ1) is 9.86. The number of carbonyl (C=O) groups excluding carboxylic acids is 1. The summed E-state index contributed by atoms with van der Waals surface area (Å²) in [6.07, 6.45) is 0. The van der Waals surface area contributed by atoms with Gasteiger partial charge in [0, 0.05) is 25.2 Å². The number of hydrogen-bond donors (Lipinski definition) is 0. The van der Waals surface area contributed by atoms with Crippen LogP contribution in [-0.4, -0.2) is 10.4 Å². The Hall–Kier alpha value is -2.34. The Morgan fingerprint density at radius 2 is 2.12 bits per heavy atom. The van der Waals surface area contributed by atoms with E-state index in [0.29, 0.717) is 22.5 Å². The minimum Gasteiger partial charge on any atom is -0.339 e. The molecule has 0 radical (unpaired) electrons. The van der Waals surface area contributed by atoms with Crippen molar-refractivity contribution in [2.24, 2.45) is 7.05 Å². The number of carbonyl (C=O) groups is 1. The first-order valence-corrected chi connectivity index (χ1v) is 5.16. The molecule has 0 N–H and O–H groups in total. The van der Waals surface area contributed by atoms with E-state index >= 15 is 0 Å². The van der Waals surface area contributed by atoms with Crippen LogP contribution in [0.2, 0.25) is 0 Å². The van der Waals surface area contributed by atoms with E-state index in [1.165, 1.54) is 0 Å². The zero-order valence-electron chi connectivity index (χ0n) is 10.5. The minimum absolute atomic E-state index is 0.0217. The van der Waals surface area contributed by atoms with Gasteiger partial charge in [-0.25, -0.2) is 0 Å². The number of benzene rings is 1. The van der Waals surface area contributed by atoms with Crippen molar-refractivity contribution in [2.75, 3.05) is 0 Å². The lowest BCUT2D eigenvalue weighted by molar-refractivity contribution is 0.103. The topological polar surface area (TPSA) is 45.8 Å². The third-order valence-electron chi connectivity index (χ3n) is 2.75. The summed E-state index contributed by atoms with van der Waals surface area (Å²) >= 11 is 0. The number of ketones is 1. The quantitative estimate of drug-likeness (QED) is 0.737. The van der Waals surface area contributed by atoms with Crippen molar-refractivity contribution in [1.29, 1.82) is 5.26 Å². The van der Waals surface area contributed by atoms with Crippen LogP contribution < -0.4 is 0 Å². The smallest absolute Gasteiger partial charge is 0.194 e. The number of nitrogens with zero attached hydrogens (tertiary/aromatic N) is 2. The highest BCUT2D eigenvalue weighted by molar-refractivity contribution is 6.10.